The van der Waals surface area contributed by atoms with Crippen molar-refractivity contribution in [3.05, 3.63) is 17.9 Å². The molecule has 0 aliphatic carbocycles. The van der Waals surface area contributed by atoms with E-state index in [1.165, 1.54) is 19.2 Å². The second-order valence-electron chi connectivity index (χ2n) is 5.82. The lowest BCUT2D eigenvalue weighted by Crippen LogP contribution is -2.49. The summed E-state index contributed by atoms with van der Waals surface area (Å²) in [6.07, 6.45) is 2.81. The molecule has 0 spiro atoms. The molecular formula is C15H24N4O5S. The van der Waals surface area contributed by atoms with Gasteiger partial charge in [-0.05, 0) is 38.4 Å². The largest absolute Gasteiger partial charge is 0.438 e. The quantitative estimate of drug-likeness (QED) is 0.599. The summed E-state index contributed by atoms with van der Waals surface area (Å²) in [7, 11) is -2.47. The molecule has 25 heavy (non-hydrogen) atoms. The Bertz CT molecular complexity index is 715. The number of amides is 2. The standard InChI is InChI=1S/C15H24N4O5S/c1-17-25(22,23)14-6-5-12(24-14)15(21)19-9-3-2-4-11(19)10-18-13(20)7-8-16/h5-6,11,17H,2-4,7-10,16H2,1H3,(H,18,20). The molecule has 1 aromatic heterocycles. The summed E-state index contributed by atoms with van der Waals surface area (Å²) in [5.74, 6) is -0.565. The number of nitrogens with zero attached hydrogens (tertiary/aromatic N) is 1. The molecule has 0 saturated carbocycles. The topological polar surface area (TPSA) is 135 Å². The lowest BCUT2D eigenvalue weighted by atomic mass is 10.0. The van der Waals surface area contributed by atoms with Gasteiger partial charge in [-0.1, -0.05) is 0 Å². The smallest absolute Gasteiger partial charge is 0.289 e. The van der Waals surface area contributed by atoms with E-state index in [-0.39, 0.29) is 41.7 Å². The Morgan fingerprint density at radius 3 is 2.80 bits per heavy atom. The van der Waals surface area contributed by atoms with Crippen LogP contribution in [0.15, 0.2) is 21.6 Å². The first-order valence-corrected chi connectivity index (χ1v) is 9.68. The molecule has 1 fully saturated rings. The monoisotopic (exact) mass is 372 g/mol. The number of furan rings is 1. The predicted molar refractivity (Wildman–Crippen MR) is 90.3 cm³/mol. The number of piperidine rings is 1. The molecule has 0 aromatic carbocycles. The SMILES string of the molecule is CNS(=O)(=O)c1ccc(C(=O)N2CCCCC2CNC(=O)CCN)o1. The van der Waals surface area contributed by atoms with E-state index in [1.54, 1.807) is 4.90 Å². The van der Waals surface area contributed by atoms with E-state index < -0.39 is 10.0 Å². The van der Waals surface area contributed by atoms with Gasteiger partial charge in [-0.25, -0.2) is 13.1 Å². The molecule has 9 nitrogen and oxygen atoms in total. The summed E-state index contributed by atoms with van der Waals surface area (Å²) >= 11 is 0. The number of rotatable bonds is 7. The Labute approximate surface area is 147 Å². The summed E-state index contributed by atoms with van der Waals surface area (Å²) < 4.78 is 30.8. The number of carbonyl (C=O) groups is 2. The number of carbonyl (C=O) groups excluding carboxylic acids is 2. The molecule has 0 radical (unpaired) electrons. The summed E-state index contributed by atoms with van der Waals surface area (Å²) in [6, 6.07) is 2.45. The maximum atomic E-state index is 12.7. The minimum atomic E-state index is -3.74. The molecule has 140 valence electrons. The van der Waals surface area contributed by atoms with Crippen LogP contribution in [0.1, 0.15) is 36.2 Å². The highest BCUT2D eigenvalue weighted by Gasteiger charge is 2.30. The zero-order chi connectivity index (χ0) is 18.4. The fourth-order valence-electron chi connectivity index (χ4n) is 2.75. The maximum absolute atomic E-state index is 12.7. The van der Waals surface area contributed by atoms with Crippen molar-refractivity contribution >= 4 is 21.8 Å². The Hall–Kier alpha value is -1.91. The van der Waals surface area contributed by atoms with Gasteiger partial charge in [0.15, 0.2) is 5.76 Å². The number of hydrogen-bond donors (Lipinski definition) is 3. The summed E-state index contributed by atoms with van der Waals surface area (Å²) in [6.45, 7) is 1.15. The van der Waals surface area contributed by atoms with E-state index in [4.69, 9.17) is 10.2 Å². The van der Waals surface area contributed by atoms with Crippen molar-refractivity contribution in [2.45, 2.75) is 36.8 Å². The van der Waals surface area contributed by atoms with Gasteiger partial charge in [0, 0.05) is 32.1 Å². The molecule has 1 atom stereocenters. The van der Waals surface area contributed by atoms with E-state index in [1.807, 2.05) is 0 Å². The predicted octanol–water partition coefficient (Wildman–Crippen LogP) is -0.353. The van der Waals surface area contributed by atoms with Crippen LogP contribution in [-0.4, -0.2) is 57.9 Å². The van der Waals surface area contributed by atoms with Crippen molar-refractivity contribution in [1.82, 2.24) is 14.9 Å². The van der Waals surface area contributed by atoms with Gasteiger partial charge in [0.1, 0.15) is 0 Å². The first-order chi connectivity index (χ1) is 11.9. The average molecular weight is 372 g/mol. The van der Waals surface area contributed by atoms with Crippen LogP contribution in [0.5, 0.6) is 0 Å². The van der Waals surface area contributed by atoms with Gasteiger partial charge >= 0.3 is 0 Å². The molecule has 2 amide bonds. The second kappa shape index (κ2) is 8.45. The molecule has 2 heterocycles. The Balaban J connectivity index is 2.08. The van der Waals surface area contributed by atoms with Crippen LogP contribution in [0.4, 0.5) is 0 Å². The van der Waals surface area contributed by atoms with Crippen molar-refractivity contribution < 1.29 is 22.4 Å². The molecule has 2 rings (SSSR count). The van der Waals surface area contributed by atoms with Crippen LogP contribution in [0.2, 0.25) is 0 Å². The first kappa shape index (κ1) is 19.4. The second-order valence-corrected chi connectivity index (χ2v) is 7.63. The summed E-state index contributed by atoms with van der Waals surface area (Å²) in [5.41, 5.74) is 5.35. The summed E-state index contributed by atoms with van der Waals surface area (Å²) in [5, 5.41) is 2.48. The van der Waals surface area contributed by atoms with Crippen molar-refractivity contribution in [2.24, 2.45) is 5.73 Å². The molecule has 1 aliphatic heterocycles. The zero-order valence-corrected chi connectivity index (χ0v) is 15.0. The minimum Gasteiger partial charge on any atom is -0.438 e. The third kappa shape index (κ3) is 4.80. The van der Waals surface area contributed by atoms with Crippen LogP contribution in [0.25, 0.3) is 0 Å². The third-order valence-corrected chi connectivity index (χ3v) is 5.41. The molecule has 0 bridgehead atoms. The van der Waals surface area contributed by atoms with Crippen LogP contribution < -0.4 is 15.8 Å². The zero-order valence-electron chi connectivity index (χ0n) is 14.2. The van der Waals surface area contributed by atoms with Gasteiger partial charge in [0.05, 0.1) is 0 Å². The first-order valence-electron chi connectivity index (χ1n) is 8.20. The van der Waals surface area contributed by atoms with Gasteiger partial charge in [-0.3, -0.25) is 9.59 Å². The van der Waals surface area contributed by atoms with Crippen LogP contribution in [-0.2, 0) is 14.8 Å². The van der Waals surface area contributed by atoms with Crippen molar-refractivity contribution in [3.8, 4) is 0 Å². The van der Waals surface area contributed by atoms with Crippen LogP contribution in [0, 0.1) is 0 Å². The Morgan fingerprint density at radius 1 is 1.36 bits per heavy atom. The molecule has 1 aliphatic rings. The van der Waals surface area contributed by atoms with Crippen LogP contribution in [0.3, 0.4) is 0 Å². The van der Waals surface area contributed by atoms with E-state index in [2.05, 4.69) is 10.0 Å². The fraction of sp³-hybridized carbons (Fsp3) is 0.600. The Morgan fingerprint density at radius 2 is 2.12 bits per heavy atom. The third-order valence-electron chi connectivity index (χ3n) is 4.12. The molecule has 4 N–H and O–H groups in total. The van der Waals surface area contributed by atoms with Crippen molar-refractivity contribution in [3.63, 3.8) is 0 Å². The highest BCUT2D eigenvalue weighted by molar-refractivity contribution is 7.89. The number of sulfonamides is 1. The molecular weight excluding hydrogens is 348 g/mol. The average Bonchev–Trinajstić information content (AvgIpc) is 3.11. The highest BCUT2D eigenvalue weighted by atomic mass is 32.2. The van der Waals surface area contributed by atoms with Gasteiger partial charge in [0.2, 0.25) is 11.0 Å². The van der Waals surface area contributed by atoms with E-state index in [0.717, 1.165) is 19.3 Å². The number of hydrogen-bond acceptors (Lipinski definition) is 6. The number of likely N-dealkylation sites (tertiary alicyclic amines) is 1. The lowest BCUT2D eigenvalue weighted by molar-refractivity contribution is -0.121. The van der Waals surface area contributed by atoms with E-state index in [0.29, 0.717) is 13.1 Å². The van der Waals surface area contributed by atoms with Gasteiger partial charge in [-0.2, -0.15) is 0 Å². The minimum absolute atomic E-state index is 0.0333. The molecule has 1 aromatic rings. The molecule has 1 unspecified atom stereocenters. The number of nitrogens with two attached hydrogens (primary N) is 1. The summed E-state index contributed by atoms with van der Waals surface area (Å²) in [4.78, 5) is 25.9. The normalized spacial score (nSPS) is 18.2. The fourth-order valence-corrected chi connectivity index (χ4v) is 3.40. The van der Waals surface area contributed by atoms with Gasteiger partial charge in [0.25, 0.3) is 15.9 Å². The van der Waals surface area contributed by atoms with Crippen LogP contribution >= 0.6 is 0 Å². The van der Waals surface area contributed by atoms with Gasteiger partial charge in [-0.15, -0.1) is 0 Å². The Kier molecular flexibility index (Phi) is 6.57. The maximum Gasteiger partial charge on any atom is 0.289 e. The van der Waals surface area contributed by atoms with E-state index >= 15 is 0 Å². The van der Waals surface area contributed by atoms with Gasteiger partial charge < -0.3 is 20.4 Å². The lowest BCUT2D eigenvalue weighted by Gasteiger charge is -2.35. The van der Waals surface area contributed by atoms with Crippen molar-refractivity contribution in [2.75, 3.05) is 26.7 Å². The molecule has 10 heteroatoms. The van der Waals surface area contributed by atoms with E-state index in [9.17, 15) is 18.0 Å². The van der Waals surface area contributed by atoms with Crippen molar-refractivity contribution in [1.29, 1.82) is 0 Å². The highest BCUT2D eigenvalue weighted by Crippen LogP contribution is 2.21. The number of nitrogens with one attached hydrogen (secondary N) is 2. The molecule has 1 saturated heterocycles.